The molecule has 0 unspecified atom stereocenters. The van der Waals surface area contributed by atoms with Gasteiger partial charge in [-0.15, -0.1) is 0 Å². The van der Waals surface area contributed by atoms with Crippen LogP contribution in [0.25, 0.3) is 0 Å². The van der Waals surface area contributed by atoms with E-state index in [0.717, 1.165) is 0 Å². The highest BCUT2D eigenvalue weighted by atomic mass is 79.9. The fraction of sp³-hybridized carbons (Fsp3) is 0.500. The molecule has 0 saturated heterocycles. The molecule has 0 radical (unpaired) electrons. The number of hydrogen-bond acceptors (Lipinski definition) is 2. The van der Waals surface area contributed by atoms with E-state index < -0.39 is 0 Å². The van der Waals surface area contributed by atoms with Crippen molar-refractivity contribution in [1.29, 1.82) is 0 Å². The van der Waals surface area contributed by atoms with Crippen molar-refractivity contribution < 1.29 is 4.79 Å². The maximum atomic E-state index is 10.2. The average Bonchev–Trinajstić information content (AvgIpc) is 1.65. The van der Waals surface area contributed by atoms with Gasteiger partial charge >= 0.3 is 0 Å². The molecule has 2 nitrogen and oxygen atoms in total. The molecule has 0 atom stereocenters. The molecule has 0 aromatic carbocycles. The lowest BCUT2D eigenvalue weighted by Gasteiger charge is -1.82. The third-order valence-corrected chi connectivity index (χ3v) is 1.17. The van der Waals surface area contributed by atoms with Gasteiger partial charge < -0.3 is 0 Å². The molecule has 7 heavy (non-hydrogen) atoms. The SMILES string of the molecule is CC(=O)C(C)=NBr. The molecule has 0 heterocycles. The second-order valence-electron chi connectivity index (χ2n) is 1.23. The molecule has 0 aliphatic rings. The highest BCUT2D eigenvalue weighted by molar-refractivity contribution is 9.08. The fourth-order valence-electron chi connectivity index (χ4n) is 0.0595. The summed E-state index contributed by atoms with van der Waals surface area (Å²) in [7, 11) is 0. The lowest BCUT2D eigenvalue weighted by Crippen LogP contribution is -2.01. The molecular weight excluding hydrogens is 158 g/mol. The van der Waals surface area contributed by atoms with Crippen LogP contribution in [0.4, 0.5) is 0 Å². The summed E-state index contributed by atoms with van der Waals surface area (Å²) in [6.45, 7) is 3.12. The van der Waals surface area contributed by atoms with E-state index >= 15 is 0 Å². The van der Waals surface area contributed by atoms with E-state index in [9.17, 15) is 4.79 Å². The van der Waals surface area contributed by atoms with Crippen LogP contribution in [0.15, 0.2) is 4.02 Å². The van der Waals surface area contributed by atoms with Gasteiger partial charge in [-0.3, -0.25) is 4.79 Å². The van der Waals surface area contributed by atoms with E-state index in [1.807, 2.05) is 0 Å². The van der Waals surface area contributed by atoms with Gasteiger partial charge in [0.1, 0.15) is 0 Å². The lowest BCUT2D eigenvalue weighted by molar-refractivity contribution is -0.111. The maximum absolute atomic E-state index is 10.2. The summed E-state index contributed by atoms with van der Waals surface area (Å²) in [6, 6.07) is 0. The molecule has 40 valence electrons. The van der Waals surface area contributed by atoms with Gasteiger partial charge in [0.05, 0.1) is 21.9 Å². The van der Waals surface area contributed by atoms with E-state index in [4.69, 9.17) is 0 Å². The Morgan fingerprint density at radius 3 is 2.00 bits per heavy atom. The first-order valence-corrected chi connectivity index (χ1v) is 2.56. The second-order valence-corrected chi connectivity index (χ2v) is 1.58. The lowest BCUT2D eigenvalue weighted by atomic mass is 10.3. The topological polar surface area (TPSA) is 29.4 Å². The highest BCUT2D eigenvalue weighted by Gasteiger charge is 1.92. The standard InChI is InChI=1S/C4H6BrNO/c1-3(6-5)4(2)7/h1-2H3. The van der Waals surface area contributed by atoms with E-state index in [1.54, 1.807) is 6.92 Å². The Balaban J connectivity index is 3.82. The summed E-state index contributed by atoms with van der Waals surface area (Å²) < 4.78 is 3.47. The highest BCUT2D eigenvalue weighted by Crippen LogP contribution is 1.85. The minimum atomic E-state index is -0.00289. The molecule has 0 rings (SSSR count). The van der Waals surface area contributed by atoms with Gasteiger partial charge in [-0.05, 0) is 6.92 Å². The van der Waals surface area contributed by atoms with Crippen LogP contribution >= 0.6 is 16.1 Å². The minimum Gasteiger partial charge on any atom is -0.293 e. The largest absolute Gasteiger partial charge is 0.293 e. The molecule has 0 aliphatic heterocycles. The summed E-state index contributed by atoms with van der Waals surface area (Å²) in [5, 5.41) is 0. The number of halogens is 1. The molecule has 0 saturated carbocycles. The van der Waals surface area contributed by atoms with Crippen LogP contribution in [0.5, 0.6) is 0 Å². The summed E-state index contributed by atoms with van der Waals surface area (Å²) in [5.41, 5.74) is 0.500. The predicted octanol–water partition coefficient (Wildman–Crippen LogP) is 1.35. The van der Waals surface area contributed by atoms with Crippen LogP contribution in [-0.4, -0.2) is 11.5 Å². The average molecular weight is 164 g/mol. The Morgan fingerprint density at radius 1 is 1.57 bits per heavy atom. The molecule has 0 aromatic heterocycles. The van der Waals surface area contributed by atoms with Crippen LogP contribution in [0.2, 0.25) is 0 Å². The Bertz CT molecular complexity index is 108. The van der Waals surface area contributed by atoms with Crippen LogP contribution < -0.4 is 0 Å². The number of rotatable bonds is 1. The van der Waals surface area contributed by atoms with E-state index in [0.29, 0.717) is 5.71 Å². The number of nitrogens with zero attached hydrogens (tertiary/aromatic N) is 1. The normalized spacial score (nSPS) is 11.6. The third kappa shape index (κ3) is 2.51. The first-order chi connectivity index (χ1) is 3.18. The number of carbonyl (C=O) groups excluding carboxylic acids is 1. The molecule has 0 aromatic rings. The molecule has 0 amide bonds. The monoisotopic (exact) mass is 163 g/mol. The van der Waals surface area contributed by atoms with Gasteiger partial charge in [-0.25, -0.2) is 4.02 Å². The van der Waals surface area contributed by atoms with Gasteiger partial charge in [-0.1, -0.05) is 0 Å². The molecule has 0 fully saturated rings. The van der Waals surface area contributed by atoms with E-state index in [2.05, 4.69) is 20.2 Å². The zero-order valence-corrected chi connectivity index (χ0v) is 5.82. The van der Waals surface area contributed by atoms with Crippen molar-refractivity contribution in [3.05, 3.63) is 0 Å². The van der Waals surface area contributed by atoms with Crippen LogP contribution in [0.1, 0.15) is 13.8 Å². The minimum absolute atomic E-state index is 0.00289. The zero-order valence-electron chi connectivity index (χ0n) is 4.23. The Morgan fingerprint density at radius 2 is 2.00 bits per heavy atom. The molecule has 0 spiro atoms. The van der Waals surface area contributed by atoms with Crippen LogP contribution in [0, 0.1) is 0 Å². The summed E-state index contributed by atoms with van der Waals surface area (Å²) in [4.78, 5) is 10.2. The summed E-state index contributed by atoms with van der Waals surface area (Å²) in [5.74, 6) is -0.00289. The van der Waals surface area contributed by atoms with Gasteiger partial charge in [0, 0.05) is 6.92 Å². The summed E-state index contributed by atoms with van der Waals surface area (Å²) >= 11 is 2.78. The van der Waals surface area contributed by atoms with Gasteiger partial charge in [-0.2, -0.15) is 0 Å². The third-order valence-electron chi connectivity index (χ3n) is 0.636. The Hall–Kier alpha value is -0.180. The van der Waals surface area contributed by atoms with Gasteiger partial charge in [0.15, 0.2) is 5.78 Å². The number of ketones is 1. The number of hydrogen-bond donors (Lipinski definition) is 0. The number of carbonyl (C=O) groups is 1. The summed E-state index contributed by atoms with van der Waals surface area (Å²) in [6.07, 6.45) is 0. The van der Waals surface area contributed by atoms with Crippen LogP contribution in [0.3, 0.4) is 0 Å². The Labute approximate surface area is 51.0 Å². The van der Waals surface area contributed by atoms with Crippen molar-refractivity contribution >= 4 is 27.6 Å². The molecule has 0 N–H and O–H groups in total. The second kappa shape index (κ2) is 2.91. The molecule has 0 aliphatic carbocycles. The first-order valence-electron chi connectivity index (χ1n) is 1.85. The smallest absolute Gasteiger partial charge is 0.174 e. The van der Waals surface area contributed by atoms with Crippen LogP contribution in [-0.2, 0) is 4.79 Å². The van der Waals surface area contributed by atoms with Crippen molar-refractivity contribution in [3.63, 3.8) is 0 Å². The first kappa shape index (κ1) is 6.82. The quantitative estimate of drug-likeness (QED) is 0.537. The van der Waals surface area contributed by atoms with Crippen molar-refractivity contribution in [3.8, 4) is 0 Å². The van der Waals surface area contributed by atoms with E-state index in [1.165, 1.54) is 6.92 Å². The molecular formula is C4H6BrNO. The van der Waals surface area contributed by atoms with Crippen molar-refractivity contribution in [2.24, 2.45) is 4.02 Å². The fourth-order valence-corrected chi connectivity index (χ4v) is 0.309. The maximum Gasteiger partial charge on any atom is 0.174 e. The van der Waals surface area contributed by atoms with Gasteiger partial charge in [0.2, 0.25) is 0 Å². The Kier molecular flexibility index (Phi) is 2.83. The van der Waals surface area contributed by atoms with Crippen molar-refractivity contribution in [2.45, 2.75) is 13.8 Å². The van der Waals surface area contributed by atoms with Crippen molar-refractivity contribution in [1.82, 2.24) is 0 Å². The predicted molar refractivity (Wildman–Crippen MR) is 32.7 cm³/mol. The van der Waals surface area contributed by atoms with Gasteiger partial charge in [0.25, 0.3) is 0 Å². The zero-order chi connectivity index (χ0) is 5.86. The van der Waals surface area contributed by atoms with E-state index in [-0.39, 0.29) is 5.78 Å². The number of Topliss-reactive ketones (excluding diaryl/α,β-unsaturated/α-hetero) is 1. The van der Waals surface area contributed by atoms with Crippen molar-refractivity contribution in [2.75, 3.05) is 0 Å². The molecule has 3 heteroatoms. The molecule has 0 bridgehead atoms.